The van der Waals surface area contributed by atoms with E-state index in [1.807, 2.05) is 44.2 Å². The number of carbonyl (C=O) groups excluding carboxylic acids is 1. The number of pyridine rings is 1. The van der Waals surface area contributed by atoms with E-state index in [0.29, 0.717) is 25.1 Å². The summed E-state index contributed by atoms with van der Waals surface area (Å²) in [5, 5.41) is 2.98. The largest absolute Gasteiger partial charge is 0.348 e. The summed E-state index contributed by atoms with van der Waals surface area (Å²) in [5.74, 6) is -0.154. The molecule has 2 rings (SSSR count). The number of aromatic nitrogens is 1. The standard InChI is InChI=1S/C26H31N3O/c1-6-7-8-23(20(5)14-27)11-22-12-24(17-28-15-22)26(30)29-16-21-10-9-19(4)25(13-21)18(2)3/h6-10,12-13,15,17H,2,5,11,14,16,27H2,1,3-4H3,(H,29,30)/b7-6-,23-8-. The molecule has 0 radical (unpaired) electrons. The molecule has 30 heavy (non-hydrogen) atoms. The first-order valence-electron chi connectivity index (χ1n) is 10.0. The molecule has 2 aromatic rings. The molecule has 1 heterocycles. The molecule has 0 spiro atoms. The molecule has 4 nitrogen and oxygen atoms in total. The van der Waals surface area contributed by atoms with Crippen LogP contribution >= 0.6 is 0 Å². The van der Waals surface area contributed by atoms with E-state index in [2.05, 4.69) is 42.5 Å². The quantitative estimate of drug-likeness (QED) is 0.587. The Morgan fingerprint density at radius 1 is 1.20 bits per heavy atom. The van der Waals surface area contributed by atoms with Crippen molar-refractivity contribution >= 4 is 11.5 Å². The molecule has 0 saturated heterocycles. The Balaban J connectivity index is 2.12. The van der Waals surface area contributed by atoms with Crippen molar-refractivity contribution in [1.29, 1.82) is 0 Å². The van der Waals surface area contributed by atoms with Gasteiger partial charge in [-0.1, -0.05) is 49.1 Å². The SMILES string of the molecule is C=C(CN)/C(=C\C=C/C)Cc1cncc(C(=O)NCc2ccc(C)c(C(=C)C)c2)c1. The number of nitrogens with zero attached hydrogens (tertiary/aromatic N) is 1. The van der Waals surface area contributed by atoms with Crippen LogP contribution in [0, 0.1) is 6.92 Å². The summed E-state index contributed by atoms with van der Waals surface area (Å²) in [6.45, 7) is 14.9. The van der Waals surface area contributed by atoms with Crippen LogP contribution in [-0.4, -0.2) is 17.4 Å². The Kier molecular flexibility index (Phi) is 8.51. The van der Waals surface area contributed by atoms with E-state index in [0.717, 1.165) is 33.4 Å². The minimum absolute atomic E-state index is 0.154. The molecule has 1 amide bonds. The zero-order valence-corrected chi connectivity index (χ0v) is 18.2. The van der Waals surface area contributed by atoms with Gasteiger partial charge in [-0.15, -0.1) is 0 Å². The zero-order chi connectivity index (χ0) is 22.1. The van der Waals surface area contributed by atoms with Crippen LogP contribution in [0.5, 0.6) is 0 Å². The second-order valence-electron chi connectivity index (χ2n) is 7.40. The van der Waals surface area contributed by atoms with Crippen molar-refractivity contribution in [2.24, 2.45) is 5.73 Å². The van der Waals surface area contributed by atoms with Crippen LogP contribution in [0.3, 0.4) is 0 Å². The molecule has 0 bridgehead atoms. The van der Waals surface area contributed by atoms with Gasteiger partial charge in [-0.05, 0) is 72.7 Å². The van der Waals surface area contributed by atoms with Gasteiger partial charge in [-0.2, -0.15) is 0 Å². The number of nitrogens with two attached hydrogens (primary N) is 1. The maximum atomic E-state index is 12.7. The summed E-state index contributed by atoms with van der Waals surface area (Å²) in [7, 11) is 0. The van der Waals surface area contributed by atoms with Crippen LogP contribution in [0.25, 0.3) is 5.57 Å². The summed E-state index contributed by atoms with van der Waals surface area (Å²) in [4.78, 5) is 16.9. The summed E-state index contributed by atoms with van der Waals surface area (Å²) in [5.41, 5.74) is 13.5. The minimum Gasteiger partial charge on any atom is -0.348 e. The van der Waals surface area contributed by atoms with Crippen molar-refractivity contribution in [1.82, 2.24) is 10.3 Å². The Labute approximate surface area is 179 Å². The number of aryl methyl sites for hydroxylation is 1. The maximum absolute atomic E-state index is 12.7. The smallest absolute Gasteiger partial charge is 0.253 e. The third kappa shape index (κ3) is 6.39. The third-order valence-corrected chi connectivity index (χ3v) is 4.86. The van der Waals surface area contributed by atoms with E-state index < -0.39 is 0 Å². The number of hydrogen-bond donors (Lipinski definition) is 2. The summed E-state index contributed by atoms with van der Waals surface area (Å²) in [6, 6.07) is 8.01. The lowest BCUT2D eigenvalue weighted by molar-refractivity contribution is 0.0950. The van der Waals surface area contributed by atoms with Crippen molar-refractivity contribution in [2.45, 2.75) is 33.7 Å². The molecule has 3 N–H and O–H groups in total. The fourth-order valence-corrected chi connectivity index (χ4v) is 3.10. The lowest BCUT2D eigenvalue weighted by Gasteiger charge is -2.11. The average molecular weight is 402 g/mol. The average Bonchev–Trinajstić information content (AvgIpc) is 2.75. The van der Waals surface area contributed by atoms with Gasteiger partial charge in [0, 0.05) is 25.5 Å². The van der Waals surface area contributed by atoms with Crippen molar-refractivity contribution in [3.63, 3.8) is 0 Å². The highest BCUT2D eigenvalue weighted by Gasteiger charge is 2.10. The normalized spacial score (nSPS) is 11.5. The number of allylic oxidation sites excluding steroid dienone is 4. The van der Waals surface area contributed by atoms with Gasteiger partial charge in [0.2, 0.25) is 0 Å². The molecular weight excluding hydrogens is 370 g/mol. The topological polar surface area (TPSA) is 68.0 Å². The molecule has 156 valence electrons. The number of nitrogens with one attached hydrogen (secondary N) is 1. The Morgan fingerprint density at radius 3 is 2.63 bits per heavy atom. The van der Waals surface area contributed by atoms with Crippen LogP contribution in [0.1, 0.15) is 46.5 Å². The number of rotatable bonds is 9. The molecule has 0 fully saturated rings. The van der Waals surface area contributed by atoms with Crippen LogP contribution in [-0.2, 0) is 13.0 Å². The van der Waals surface area contributed by atoms with Gasteiger partial charge in [-0.25, -0.2) is 0 Å². The highest BCUT2D eigenvalue weighted by atomic mass is 16.1. The number of amides is 1. The second kappa shape index (κ2) is 11.1. The van der Waals surface area contributed by atoms with Gasteiger partial charge in [-0.3, -0.25) is 9.78 Å². The van der Waals surface area contributed by atoms with Crippen molar-refractivity contribution in [3.8, 4) is 0 Å². The second-order valence-corrected chi connectivity index (χ2v) is 7.40. The van der Waals surface area contributed by atoms with E-state index in [4.69, 9.17) is 5.73 Å². The fraction of sp³-hybridized carbons (Fsp3) is 0.231. The van der Waals surface area contributed by atoms with E-state index in [1.165, 1.54) is 5.56 Å². The molecule has 0 aliphatic rings. The Hall–Kier alpha value is -3.24. The fourth-order valence-electron chi connectivity index (χ4n) is 3.10. The van der Waals surface area contributed by atoms with Gasteiger partial charge < -0.3 is 11.1 Å². The van der Waals surface area contributed by atoms with Crippen LogP contribution in [0.15, 0.2) is 79.2 Å². The van der Waals surface area contributed by atoms with E-state index in [-0.39, 0.29) is 5.91 Å². The minimum atomic E-state index is -0.154. The van der Waals surface area contributed by atoms with Gasteiger partial charge >= 0.3 is 0 Å². The summed E-state index contributed by atoms with van der Waals surface area (Å²) >= 11 is 0. The summed E-state index contributed by atoms with van der Waals surface area (Å²) in [6.07, 6.45) is 9.88. The lowest BCUT2D eigenvalue weighted by Crippen LogP contribution is -2.23. The highest BCUT2D eigenvalue weighted by molar-refractivity contribution is 5.94. The first kappa shape index (κ1) is 23.0. The molecule has 0 atom stereocenters. The van der Waals surface area contributed by atoms with E-state index >= 15 is 0 Å². The molecule has 0 aliphatic heterocycles. The molecule has 0 saturated carbocycles. The highest BCUT2D eigenvalue weighted by Crippen LogP contribution is 2.19. The molecular formula is C26H31N3O. The van der Waals surface area contributed by atoms with E-state index in [9.17, 15) is 4.79 Å². The van der Waals surface area contributed by atoms with Gasteiger partial charge in [0.05, 0.1) is 5.56 Å². The lowest BCUT2D eigenvalue weighted by atomic mass is 9.98. The molecule has 1 aromatic heterocycles. The molecule has 0 unspecified atom stereocenters. The monoisotopic (exact) mass is 401 g/mol. The van der Waals surface area contributed by atoms with E-state index in [1.54, 1.807) is 12.4 Å². The molecule has 0 aliphatic carbocycles. The Morgan fingerprint density at radius 2 is 1.97 bits per heavy atom. The van der Waals surface area contributed by atoms with Gasteiger partial charge in [0.15, 0.2) is 0 Å². The van der Waals surface area contributed by atoms with Crippen LogP contribution in [0.2, 0.25) is 0 Å². The van der Waals surface area contributed by atoms with Crippen LogP contribution in [0.4, 0.5) is 0 Å². The predicted molar refractivity (Wildman–Crippen MR) is 126 cm³/mol. The van der Waals surface area contributed by atoms with Crippen molar-refractivity contribution in [2.75, 3.05) is 6.54 Å². The molecule has 1 aromatic carbocycles. The number of hydrogen-bond acceptors (Lipinski definition) is 3. The molecule has 4 heteroatoms. The third-order valence-electron chi connectivity index (χ3n) is 4.86. The first-order valence-corrected chi connectivity index (χ1v) is 10.0. The first-order chi connectivity index (χ1) is 14.3. The maximum Gasteiger partial charge on any atom is 0.253 e. The number of carbonyl (C=O) groups is 1. The van der Waals surface area contributed by atoms with Crippen molar-refractivity contribution in [3.05, 3.63) is 107 Å². The van der Waals surface area contributed by atoms with Gasteiger partial charge in [0.1, 0.15) is 0 Å². The predicted octanol–water partition coefficient (Wildman–Crippen LogP) is 4.91. The van der Waals surface area contributed by atoms with Crippen molar-refractivity contribution < 1.29 is 4.79 Å². The van der Waals surface area contributed by atoms with Gasteiger partial charge in [0.25, 0.3) is 5.91 Å². The Bertz CT molecular complexity index is 999. The number of benzene rings is 1. The zero-order valence-electron chi connectivity index (χ0n) is 18.2. The van der Waals surface area contributed by atoms with Crippen LogP contribution < -0.4 is 11.1 Å². The summed E-state index contributed by atoms with van der Waals surface area (Å²) < 4.78 is 0.